The van der Waals surface area contributed by atoms with E-state index in [2.05, 4.69) is 34.2 Å². The van der Waals surface area contributed by atoms with Gasteiger partial charge in [-0.1, -0.05) is 29.8 Å². The fourth-order valence-corrected chi connectivity index (χ4v) is 3.94. The summed E-state index contributed by atoms with van der Waals surface area (Å²) in [7, 11) is 0. The highest BCUT2D eigenvalue weighted by molar-refractivity contribution is 5.80. The van der Waals surface area contributed by atoms with E-state index in [1.54, 1.807) is 12.4 Å². The molecule has 0 spiro atoms. The van der Waals surface area contributed by atoms with Crippen LogP contribution in [-0.4, -0.2) is 32.5 Å². The van der Waals surface area contributed by atoms with Gasteiger partial charge in [-0.3, -0.25) is 14.9 Å². The molecular formula is C22H24N4O. The van der Waals surface area contributed by atoms with Crippen molar-refractivity contribution in [1.29, 1.82) is 0 Å². The Hall–Kier alpha value is -2.95. The molecule has 2 aromatic heterocycles. The highest BCUT2D eigenvalue weighted by Crippen LogP contribution is 2.35. The zero-order valence-electron chi connectivity index (χ0n) is 15.6. The molecule has 1 atom stereocenters. The average molecular weight is 360 g/mol. The largest absolute Gasteiger partial charge is 0.334 e. The normalized spacial score (nSPS) is 17.1. The molecule has 0 bridgehead atoms. The van der Waals surface area contributed by atoms with Gasteiger partial charge in [-0.2, -0.15) is 5.10 Å². The third-order valence-electron chi connectivity index (χ3n) is 5.25. The van der Waals surface area contributed by atoms with E-state index in [0.29, 0.717) is 6.42 Å². The van der Waals surface area contributed by atoms with Crippen molar-refractivity contribution in [2.75, 3.05) is 6.54 Å². The Morgan fingerprint density at radius 2 is 2.07 bits per heavy atom. The van der Waals surface area contributed by atoms with Crippen molar-refractivity contribution in [3.63, 3.8) is 0 Å². The summed E-state index contributed by atoms with van der Waals surface area (Å²) in [6.45, 7) is 2.85. The van der Waals surface area contributed by atoms with E-state index in [0.717, 1.165) is 48.2 Å². The number of hydrogen-bond acceptors (Lipinski definition) is 3. The van der Waals surface area contributed by atoms with Crippen LogP contribution in [0.2, 0.25) is 0 Å². The molecule has 5 nitrogen and oxygen atoms in total. The van der Waals surface area contributed by atoms with Crippen molar-refractivity contribution in [2.24, 2.45) is 0 Å². The summed E-state index contributed by atoms with van der Waals surface area (Å²) in [6.07, 6.45) is 8.99. The molecule has 3 aromatic rings. The molecule has 1 saturated heterocycles. The van der Waals surface area contributed by atoms with Gasteiger partial charge in [-0.15, -0.1) is 0 Å². The van der Waals surface area contributed by atoms with Crippen LogP contribution in [0.4, 0.5) is 0 Å². The summed E-state index contributed by atoms with van der Waals surface area (Å²) in [4.78, 5) is 19.2. The molecule has 0 unspecified atom stereocenters. The number of H-pyrrole nitrogens is 1. The van der Waals surface area contributed by atoms with Crippen LogP contribution in [0.15, 0.2) is 55.0 Å². The van der Waals surface area contributed by atoms with Gasteiger partial charge in [0.15, 0.2) is 0 Å². The minimum Gasteiger partial charge on any atom is -0.334 e. The number of aromatic nitrogens is 3. The summed E-state index contributed by atoms with van der Waals surface area (Å²) in [5.74, 6) is 0.181. The highest BCUT2D eigenvalue weighted by atomic mass is 16.2. The summed E-state index contributed by atoms with van der Waals surface area (Å²) < 4.78 is 0. The average Bonchev–Trinajstić information content (AvgIpc) is 3.18. The molecule has 4 rings (SSSR count). The molecule has 1 aliphatic heterocycles. The number of amides is 1. The Balaban J connectivity index is 1.60. The van der Waals surface area contributed by atoms with E-state index in [4.69, 9.17) is 0 Å². The molecule has 27 heavy (non-hydrogen) atoms. The van der Waals surface area contributed by atoms with Gasteiger partial charge < -0.3 is 4.90 Å². The van der Waals surface area contributed by atoms with Gasteiger partial charge in [0.25, 0.3) is 0 Å². The van der Waals surface area contributed by atoms with Gasteiger partial charge in [0.1, 0.15) is 0 Å². The minimum absolute atomic E-state index is 0.0433. The summed E-state index contributed by atoms with van der Waals surface area (Å²) in [5, 5.41) is 7.45. The van der Waals surface area contributed by atoms with Crippen LogP contribution in [0.1, 0.15) is 42.1 Å². The number of hydrogen-bond donors (Lipinski definition) is 1. The Morgan fingerprint density at radius 1 is 1.22 bits per heavy atom. The number of carbonyl (C=O) groups excluding carboxylic acids is 1. The van der Waals surface area contributed by atoms with Crippen LogP contribution >= 0.6 is 0 Å². The maximum Gasteiger partial charge on any atom is 0.227 e. The third-order valence-corrected chi connectivity index (χ3v) is 5.25. The van der Waals surface area contributed by atoms with Crippen LogP contribution in [-0.2, 0) is 11.2 Å². The Kier molecular flexibility index (Phi) is 5.01. The first-order chi connectivity index (χ1) is 13.2. The number of nitrogens with one attached hydrogen (secondary N) is 1. The predicted molar refractivity (Wildman–Crippen MR) is 105 cm³/mol. The predicted octanol–water partition coefficient (Wildman–Crippen LogP) is 4.08. The van der Waals surface area contributed by atoms with Crippen LogP contribution in [0, 0.1) is 6.92 Å². The van der Waals surface area contributed by atoms with Crippen molar-refractivity contribution < 1.29 is 4.79 Å². The molecule has 0 radical (unpaired) electrons. The summed E-state index contributed by atoms with van der Waals surface area (Å²) in [5.41, 5.74) is 5.41. The van der Waals surface area contributed by atoms with Crippen LogP contribution in [0.5, 0.6) is 0 Å². The van der Waals surface area contributed by atoms with E-state index in [1.807, 2.05) is 35.4 Å². The first-order valence-corrected chi connectivity index (χ1v) is 9.51. The summed E-state index contributed by atoms with van der Waals surface area (Å²) in [6, 6.07) is 12.2. The van der Waals surface area contributed by atoms with Crippen LogP contribution in [0.25, 0.3) is 11.1 Å². The molecule has 5 heteroatoms. The number of aromatic amines is 1. The van der Waals surface area contributed by atoms with Crippen molar-refractivity contribution in [1.82, 2.24) is 20.1 Å². The Morgan fingerprint density at radius 3 is 2.89 bits per heavy atom. The second kappa shape index (κ2) is 7.74. The smallest absolute Gasteiger partial charge is 0.227 e. The maximum atomic E-state index is 13.1. The fourth-order valence-electron chi connectivity index (χ4n) is 3.94. The monoisotopic (exact) mass is 360 g/mol. The second-order valence-corrected chi connectivity index (χ2v) is 7.20. The SMILES string of the molecule is Cc1cccc(CC(=O)N2CCCC[C@@H]2c2[nH]ncc2-c2ccncc2)c1. The molecule has 1 amide bonds. The van der Waals surface area contributed by atoms with Crippen molar-refractivity contribution in [3.8, 4) is 11.1 Å². The van der Waals surface area contributed by atoms with E-state index >= 15 is 0 Å². The maximum absolute atomic E-state index is 13.1. The van der Waals surface area contributed by atoms with Crippen LogP contribution in [0.3, 0.4) is 0 Å². The quantitative estimate of drug-likeness (QED) is 0.763. The summed E-state index contributed by atoms with van der Waals surface area (Å²) >= 11 is 0. The number of aryl methyl sites for hydroxylation is 1. The zero-order valence-corrected chi connectivity index (χ0v) is 15.6. The van der Waals surface area contributed by atoms with Gasteiger partial charge >= 0.3 is 0 Å². The van der Waals surface area contributed by atoms with E-state index in [1.165, 1.54) is 5.56 Å². The first-order valence-electron chi connectivity index (χ1n) is 9.51. The van der Waals surface area contributed by atoms with E-state index in [-0.39, 0.29) is 11.9 Å². The van der Waals surface area contributed by atoms with Gasteiger partial charge in [0, 0.05) is 24.5 Å². The fraction of sp³-hybridized carbons (Fsp3) is 0.318. The molecule has 0 saturated carbocycles. The molecule has 0 aliphatic carbocycles. The van der Waals surface area contributed by atoms with Gasteiger partial charge in [-0.25, -0.2) is 0 Å². The van der Waals surface area contributed by atoms with E-state index in [9.17, 15) is 4.79 Å². The Bertz CT molecular complexity index is 919. The zero-order chi connectivity index (χ0) is 18.6. The standard InChI is InChI=1S/C22H24N4O/c1-16-5-4-6-17(13-16)14-21(27)26-12-3-2-7-20(26)22-19(15-24-25-22)18-8-10-23-11-9-18/h4-6,8-11,13,15,20H,2-3,7,12,14H2,1H3,(H,24,25)/t20-/m1/s1. The minimum atomic E-state index is 0.0433. The lowest BCUT2D eigenvalue weighted by molar-refractivity contribution is -0.134. The van der Waals surface area contributed by atoms with E-state index < -0.39 is 0 Å². The van der Waals surface area contributed by atoms with Crippen molar-refractivity contribution in [2.45, 2.75) is 38.6 Å². The third kappa shape index (κ3) is 3.77. The number of nitrogens with zero attached hydrogens (tertiary/aromatic N) is 3. The lowest BCUT2D eigenvalue weighted by Gasteiger charge is -2.36. The van der Waals surface area contributed by atoms with Crippen LogP contribution < -0.4 is 0 Å². The highest BCUT2D eigenvalue weighted by Gasteiger charge is 2.30. The number of rotatable bonds is 4. The van der Waals surface area contributed by atoms with Crippen molar-refractivity contribution >= 4 is 5.91 Å². The molecule has 3 heterocycles. The number of carbonyl (C=O) groups is 1. The molecule has 1 fully saturated rings. The first kappa shape index (κ1) is 17.5. The lowest BCUT2D eigenvalue weighted by Crippen LogP contribution is -2.39. The molecule has 1 aliphatic rings. The van der Waals surface area contributed by atoms with Crippen molar-refractivity contribution in [3.05, 3.63) is 71.8 Å². The molecule has 138 valence electrons. The Labute approximate surface area is 159 Å². The topological polar surface area (TPSA) is 61.9 Å². The van der Waals surface area contributed by atoms with Gasteiger partial charge in [0.05, 0.1) is 24.4 Å². The second-order valence-electron chi connectivity index (χ2n) is 7.20. The molecule has 1 aromatic carbocycles. The number of likely N-dealkylation sites (tertiary alicyclic amines) is 1. The van der Waals surface area contributed by atoms with Gasteiger partial charge in [0.2, 0.25) is 5.91 Å². The number of benzene rings is 1. The number of piperidine rings is 1. The number of pyridine rings is 1. The van der Waals surface area contributed by atoms with Gasteiger partial charge in [-0.05, 0) is 49.4 Å². The molecular weight excluding hydrogens is 336 g/mol. The lowest BCUT2D eigenvalue weighted by atomic mass is 9.94. The molecule has 1 N–H and O–H groups in total.